The fraction of sp³-hybridized carbons (Fsp3) is 0.727. The minimum atomic E-state index is -0.500. The molecule has 0 heterocycles. The Morgan fingerprint density at radius 2 is 1.86 bits per heavy atom. The number of rotatable bonds is 4. The molecule has 0 N–H and O–H groups in total. The molecule has 3 heteroatoms. The van der Waals surface area contributed by atoms with E-state index in [1.165, 1.54) is 0 Å². The lowest BCUT2D eigenvalue weighted by Gasteiger charge is -2.35. The molecule has 14 heavy (non-hydrogen) atoms. The van der Waals surface area contributed by atoms with Gasteiger partial charge in [0, 0.05) is 11.6 Å². The average Bonchev–Trinajstić information content (AvgIpc) is 2.01. The van der Waals surface area contributed by atoms with Crippen molar-refractivity contribution in [1.82, 2.24) is 4.90 Å². The Morgan fingerprint density at radius 3 is 2.14 bits per heavy atom. The van der Waals surface area contributed by atoms with E-state index >= 15 is 0 Å². The van der Waals surface area contributed by atoms with E-state index in [0.717, 1.165) is 0 Å². The molecule has 0 saturated carbocycles. The van der Waals surface area contributed by atoms with Crippen LogP contribution >= 0.6 is 0 Å². The number of carbonyl (C=O) groups is 1. The predicted octanol–water partition coefficient (Wildman–Crippen LogP) is 1.83. The normalized spacial score (nSPS) is 13.9. The van der Waals surface area contributed by atoms with Crippen molar-refractivity contribution in [3.63, 3.8) is 0 Å². The van der Waals surface area contributed by atoms with E-state index in [1.807, 2.05) is 39.8 Å². The van der Waals surface area contributed by atoms with E-state index in [9.17, 15) is 4.79 Å². The van der Waals surface area contributed by atoms with Crippen LogP contribution in [0.1, 0.15) is 27.7 Å². The average molecular weight is 199 g/mol. The van der Waals surface area contributed by atoms with Gasteiger partial charge >= 0.3 is 5.97 Å². The molecule has 0 aromatic heterocycles. The first-order valence-electron chi connectivity index (χ1n) is 4.73. The van der Waals surface area contributed by atoms with E-state index < -0.39 is 5.60 Å². The molecule has 0 rings (SSSR count). The molecule has 0 spiro atoms. The molecular weight excluding hydrogens is 178 g/mol. The maximum atomic E-state index is 11.3. The Morgan fingerprint density at radius 1 is 1.43 bits per heavy atom. The first-order valence-corrected chi connectivity index (χ1v) is 4.73. The first kappa shape index (κ1) is 13.2. The molecule has 0 aromatic rings. The number of nitrogens with zero attached hydrogens (tertiary/aromatic N) is 1. The zero-order valence-electron chi connectivity index (χ0n) is 10.0. The smallest absolute Gasteiger partial charge is 0.333 e. The lowest BCUT2D eigenvalue weighted by molar-refractivity contribution is -0.156. The van der Waals surface area contributed by atoms with Crippen LogP contribution in [0.25, 0.3) is 0 Å². The highest BCUT2D eigenvalue weighted by molar-refractivity contribution is 5.87. The second kappa shape index (κ2) is 4.60. The number of carbonyl (C=O) groups excluding carboxylic acids is 1. The molecule has 0 aliphatic carbocycles. The highest BCUT2D eigenvalue weighted by atomic mass is 16.6. The summed E-state index contributed by atoms with van der Waals surface area (Å²) in [7, 11) is 3.92. The van der Waals surface area contributed by atoms with Gasteiger partial charge in [-0.3, -0.25) is 0 Å². The van der Waals surface area contributed by atoms with Crippen LogP contribution in [0.5, 0.6) is 0 Å². The maximum absolute atomic E-state index is 11.3. The second-order valence-corrected chi connectivity index (χ2v) is 4.41. The summed E-state index contributed by atoms with van der Waals surface area (Å²) in [6.07, 6.45) is 0. The zero-order chi connectivity index (χ0) is 11.5. The monoisotopic (exact) mass is 199 g/mol. The Bertz CT molecular complexity index is 231. The number of esters is 1. The van der Waals surface area contributed by atoms with Crippen molar-refractivity contribution in [2.24, 2.45) is 0 Å². The molecule has 3 nitrogen and oxygen atoms in total. The van der Waals surface area contributed by atoms with Gasteiger partial charge < -0.3 is 9.64 Å². The van der Waals surface area contributed by atoms with Crippen LogP contribution in [0, 0.1) is 0 Å². The van der Waals surface area contributed by atoms with Crippen molar-refractivity contribution in [2.45, 2.75) is 39.3 Å². The highest BCUT2D eigenvalue weighted by Gasteiger charge is 2.31. The van der Waals surface area contributed by atoms with Crippen LogP contribution in [0.3, 0.4) is 0 Å². The highest BCUT2D eigenvalue weighted by Crippen LogP contribution is 2.19. The van der Waals surface area contributed by atoms with Gasteiger partial charge in [-0.2, -0.15) is 0 Å². The van der Waals surface area contributed by atoms with Crippen LogP contribution in [-0.2, 0) is 9.53 Å². The van der Waals surface area contributed by atoms with E-state index in [0.29, 0.717) is 5.57 Å². The minimum Gasteiger partial charge on any atom is -0.455 e. The fourth-order valence-electron chi connectivity index (χ4n) is 1.03. The van der Waals surface area contributed by atoms with Gasteiger partial charge in [-0.15, -0.1) is 0 Å². The summed E-state index contributed by atoms with van der Waals surface area (Å²) in [5.41, 5.74) is -0.0662. The summed E-state index contributed by atoms with van der Waals surface area (Å²) in [6.45, 7) is 11.0. The Hall–Kier alpha value is -0.830. The largest absolute Gasteiger partial charge is 0.455 e. The van der Waals surface area contributed by atoms with Gasteiger partial charge in [-0.25, -0.2) is 4.79 Å². The summed E-state index contributed by atoms with van der Waals surface area (Å²) < 4.78 is 5.34. The summed E-state index contributed by atoms with van der Waals surface area (Å²) in [5, 5.41) is 0. The van der Waals surface area contributed by atoms with Crippen molar-refractivity contribution >= 4 is 5.97 Å². The lowest BCUT2D eigenvalue weighted by atomic mass is 9.99. The van der Waals surface area contributed by atoms with Gasteiger partial charge in [0.1, 0.15) is 5.60 Å². The van der Waals surface area contributed by atoms with E-state index in [2.05, 4.69) is 6.58 Å². The molecule has 0 aliphatic rings. The molecule has 0 aliphatic heterocycles. The standard InChI is InChI=1S/C11H21NO2/c1-8(2)10(13)14-11(4,5)9(3)12(6)7/h9H,1H2,2-7H3. The Labute approximate surface area is 86.7 Å². The van der Waals surface area contributed by atoms with Crippen molar-refractivity contribution in [3.8, 4) is 0 Å². The van der Waals surface area contributed by atoms with Crippen LogP contribution in [0.4, 0.5) is 0 Å². The molecule has 0 aromatic carbocycles. The van der Waals surface area contributed by atoms with Crippen LogP contribution in [0.15, 0.2) is 12.2 Å². The lowest BCUT2D eigenvalue weighted by Crippen LogP contribution is -2.47. The number of hydrogen-bond donors (Lipinski definition) is 0. The van der Waals surface area contributed by atoms with Gasteiger partial charge in [0.15, 0.2) is 0 Å². The van der Waals surface area contributed by atoms with Crippen LogP contribution in [-0.4, -0.2) is 36.6 Å². The van der Waals surface area contributed by atoms with Crippen LogP contribution < -0.4 is 0 Å². The molecule has 0 fully saturated rings. The van der Waals surface area contributed by atoms with Gasteiger partial charge in [-0.05, 0) is 41.8 Å². The summed E-state index contributed by atoms with van der Waals surface area (Å²) >= 11 is 0. The third-order valence-corrected chi connectivity index (χ3v) is 2.48. The van der Waals surface area contributed by atoms with E-state index in [1.54, 1.807) is 6.92 Å². The third kappa shape index (κ3) is 3.50. The van der Waals surface area contributed by atoms with E-state index in [-0.39, 0.29) is 12.0 Å². The molecule has 0 amide bonds. The summed E-state index contributed by atoms with van der Waals surface area (Å²) in [6, 6.07) is 0.158. The fourth-order valence-corrected chi connectivity index (χ4v) is 1.03. The number of hydrogen-bond acceptors (Lipinski definition) is 3. The first-order chi connectivity index (χ1) is 6.18. The van der Waals surface area contributed by atoms with Gasteiger partial charge in [0.25, 0.3) is 0 Å². The second-order valence-electron chi connectivity index (χ2n) is 4.41. The maximum Gasteiger partial charge on any atom is 0.333 e. The Kier molecular flexibility index (Phi) is 4.33. The zero-order valence-corrected chi connectivity index (χ0v) is 10.0. The van der Waals surface area contributed by atoms with Gasteiger partial charge in [0.05, 0.1) is 0 Å². The molecule has 0 saturated heterocycles. The molecule has 82 valence electrons. The molecule has 1 atom stereocenters. The van der Waals surface area contributed by atoms with Crippen LogP contribution in [0.2, 0.25) is 0 Å². The summed E-state index contributed by atoms with van der Waals surface area (Å²) in [5.74, 6) is -0.330. The van der Waals surface area contributed by atoms with Crippen molar-refractivity contribution in [2.75, 3.05) is 14.1 Å². The Balaban J connectivity index is 4.48. The quantitative estimate of drug-likeness (QED) is 0.511. The third-order valence-electron chi connectivity index (χ3n) is 2.48. The predicted molar refractivity (Wildman–Crippen MR) is 58.1 cm³/mol. The molecular formula is C11H21NO2. The van der Waals surface area contributed by atoms with Gasteiger partial charge in [0.2, 0.25) is 0 Å². The molecule has 1 unspecified atom stereocenters. The molecule has 0 bridgehead atoms. The van der Waals surface area contributed by atoms with Gasteiger partial charge in [-0.1, -0.05) is 6.58 Å². The number of likely N-dealkylation sites (N-methyl/N-ethyl adjacent to an activating group) is 1. The summed E-state index contributed by atoms with van der Waals surface area (Å²) in [4.78, 5) is 13.4. The SMILES string of the molecule is C=C(C)C(=O)OC(C)(C)C(C)N(C)C. The van der Waals surface area contributed by atoms with Crippen molar-refractivity contribution in [3.05, 3.63) is 12.2 Å². The minimum absolute atomic E-state index is 0.158. The van der Waals surface area contributed by atoms with Crippen molar-refractivity contribution in [1.29, 1.82) is 0 Å². The van der Waals surface area contributed by atoms with E-state index in [4.69, 9.17) is 4.74 Å². The molecule has 0 radical (unpaired) electrons. The van der Waals surface area contributed by atoms with Crippen molar-refractivity contribution < 1.29 is 9.53 Å². The number of ether oxygens (including phenoxy) is 1. The topological polar surface area (TPSA) is 29.5 Å².